The Bertz CT molecular complexity index is 625. The van der Waals surface area contributed by atoms with Crippen molar-refractivity contribution in [3.8, 4) is 0 Å². The van der Waals surface area contributed by atoms with Gasteiger partial charge in [-0.2, -0.15) is 0 Å². The topological polar surface area (TPSA) is 83.5 Å². The van der Waals surface area contributed by atoms with Gasteiger partial charge in [0.15, 0.2) is 0 Å². The van der Waals surface area contributed by atoms with Gasteiger partial charge < -0.3 is 5.11 Å². The zero-order chi connectivity index (χ0) is 15.5. The Morgan fingerprint density at radius 1 is 1.29 bits per heavy atom. The SMILES string of the molecule is CCC(CC(=O)O)NS(=O)(=O)c1ccc2c(c1)CCCC2. The molecular weight excluding hydrogens is 290 g/mol. The zero-order valence-corrected chi connectivity index (χ0v) is 12.9. The predicted molar refractivity (Wildman–Crippen MR) is 79.7 cm³/mol. The number of hydrogen-bond acceptors (Lipinski definition) is 3. The quantitative estimate of drug-likeness (QED) is 0.842. The van der Waals surface area contributed by atoms with E-state index >= 15 is 0 Å². The van der Waals surface area contributed by atoms with Crippen molar-refractivity contribution in [1.82, 2.24) is 4.72 Å². The van der Waals surface area contributed by atoms with Gasteiger partial charge in [-0.1, -0.05) is 13.0 Å². The highest BCUT2D eigenvalue weighted by atomic mass is 32.2. The van der Waals surface area contributed by atoms with E-state index in [-0.39, 0.29) is 11.3 Å². The minimum Gasteiger partial charge on any atom is -0.481 e. The highest BCUT2D eigenvalue weighted by Crippen LogP contribution is 2.24. The summed E-state index contributed by atoms with van der Waals surface area (Å²) in [5.74, 6) is -1.00. The standard InChI is InChI=1S/C15H21NO4S/c1-2-13(10-15(17)18)16-21(19,20)14-8-7-11-5-3-4-6-12(11)9-14/h7-9,13,16H,2-6,10H2,1H3,(H,17,18). The summed E-state index contributed by atoms with van der Waals surface area (Å²) in [4.78, 5) is 11.0. The number of benzene rings is 1. The maximum Gasteiger partial charge on any atom is 0.304 e. The lowest BCUT2D eigenvalue weighted by atomic mass is 9.92. The fraction of sp³-hybridized carbons (Fsp3) is 0.533. The zero-order valence-electron chi connectivity index (χ0n) is 12.1. The van der Waals surface area contributed by atoms with E-state index in [1.165, 1.54) is 5.56 Å². The molecule has 0 aromatic heterocycles. The second-order valence-corrected chi connectivity index (χ2v) is 7.18. The number of aliphatic carboxylic acids is 1. The lowest BCUT2D eigenvalue weighted by Crippen LogP contribution is -2.36. The largest absolute Gasteiger partial charge is 0.481 e. The van der Waals surface area contributed by atoms with Crippen LogP contribution in [0.15, 0.2) is 23.1 Å². The summed E-state index contributed by atoms with van der Waals surface area (Å²) in [6.45, 7) is 1.77. The van der Waals surface area contributed by atoms with Crippen molar-refractivity contribution in [3.63, 3.8) is 0 Å². The molecule has 0 radical (unpaired) electrons. The molecule has 1 aromatic carbocycles. The van der Waals surface area contributed by atoms with Crippen molar-refractivity contribution in [1.29, 1.82) is 0 Å². The molecule has 5 nitrogen and oxygen atoms in total. The van der Waals surface area contributed by atoms with E-state index in [4.69, 9.17) is 5.11 Å². The highest BCUT2D eigenvalue weighted by Gasteiger charge is 2.22. The molecule has 1 atom stereocenters. The monoisotopic (exact) mass is 311 g/mol. The van der Waals surface area contributed by atoms with Gasteiger partial charge in [0.05, 0.1) is 11.3 Å². The van der Waals surface area contributed by atoms with E-state index in [2.05, 4.69) is 4.72 Å². The summed E-state index contributed by atoms with van der Waals surface area (Å²) in [7, 11) is -3.66. The maximum atomic E-state index is 12.4. The van der Waals surface area contributed by atoms with Crippen LogP contribution in [-0.4, -0.2) is 25.5 Å². The molecule has 0 amide bonds. The molecule has 0 saturated carbocycles. The van der Waals surface area contributed by atoms with Crippen molar-refractivity contribution in [3.05, 3.63) is 29.3 Å². The lowest BCUT2D eigenvalue weighted by molar-refractivity contribution is -0.137. The van der Waals surface area contributed by atoms with E-state index in [1.54, 1.807) is 19.1 Å². The Hall–Kier alpha value is -1.40. The molecule has 116 valence electrons. The molecule has 0 spiro atoms. The van der Waals surface area contributed by atoms with Crippen LogP contribution < -0.4 is 4.72 Å². The highest BCUT2D eigenvalue weighted by molar-refractivity contribution is 7.89. The summed E-state index contributed by atoms with van der Waals surface area (Å²) in [5.41, 5.74) is 2.31. The van der Waals surface area contributed by atoms with Crippen LogP contribution in [0, 0.1) is 0 Å². The van der Waals surface area contributed by atoms with E-state index in [0.29, 0.717) is 6.42 Å². The van der Waals surface area contributed by atoms with Crippen molar-refractivity contribution in [2.24, 2.45) is 0 Å². The van der Waals surface area contributed by atoms with Crippen molar-refractivity contribution in [2.45, 2.75) is 56.4 Å². The minimum atomic E-state index is -3.66. The number of sulfonamides is 1. The van der Waals surface area contributed by atoms with Gasteiger partial charge in [0.2, 0.25) is 10.0 Å². The molecule has 0 heterocycles. The fourth-order valence-corrected chi connectivity index (χ4v) is 4.01. The number of carboxylic acids is 1. The van der Waals surface area contributed by atoms with Crippen LogP contribution in [-0.2, 0) is 27.7 Å². The molecule has 1 aromatic rings. The van der Waals surface area contributed by atoms with Crippen molar-refractivity contribution in [2.75, 3.05) is 0 Å². The van der Waals surface area contributed by atoms with Crippen LogP contribution >= 0.6 is 0 Å². The number of carbonyl (C=O) groups is 1. The van der Waals surface area contributed by atoms with E-state index < -0.39 is 22.0 Å². The van der Waals surface area contributed by atoms with Gasteiger partial charge in [0.1, 0.15) is 0 Å². The summed E-state index contributed by atoms with van der Waals surface area (Å²) >= 11 is 0. The Labute approximate surface area is 125 Å². The molecule has 0 saturated heterocycles. The van der Waals surface area contributed by atoms with Gasteiger partial charge >= 0.3 is 5.97 Å². The molecule has 2 rings (SSSR count). The molecule has 0 fully saturated rings. The van der Waals surface area contributed by atoms with Gasteiger partial charge in [0.25, 0.3) is 0 Å². The third-order valence-electron chi connectivity index (χ3n) is 3.87. The van der Waals surface area contributed by atoms with Crippen LogP contribution in [0.1, 0.15) is 43.7 Å². The second-order valence-electron chi connectivity index (χ2n) is 5.46. The third-order valence-corrected chi connectivity index (χ3v) is 5.38. The average Bonchev–Trinajstić information content (AvgIpc) is 2.45. The van der Waals surface area contributed by atoms with Crippen LogP contribution in [0.5, 0.6) is 0 Å². The first kappa shape index (κ1) is 16.0. The average molecular weight is 311 g/mol. The molecule has 1 aliphatic rings. The Morgan fingerprint density at radius 3 is 2.57 bits per heavy atom. The number of fused-ring (bicyclic) bond motifs is 1. The van der Waals surface area contributed by atoms with Crippen molar-refractivity contribution < 1.29 is 18.3 Å². The molecule has 0 bridgehead atoms. The van der Waals surface area contributed by atoms with Gasteiger partial charge in [-0.25, -0.2) is 13.1 Å². The van der Waals surface area contributed by atoms with Gasteiger partial charge in [0, 0.05) is 6.04 Å². The van der Waals surface area contributed by atoms with E-state index in [9.17, 15) is 13.2 Å². The fourth-order valence-electron chi connectivity index (χ4n) is 2.64. The number of nitrogens with one attached hydrogen (secondary N) is 1. The second kappa shape index (κ2) is 6.58. The van der Waals surface area contributed by atoms with Gasteiger partial charge in [-0.3, -0.25) is 4.79 Å². The Kier molecular flexibility index (Phi) is 5.00. The minimum absolute atomic E-state index is 0.208. The van der Waals surface area contributed by atoms with Crippen molar-refractivity contribution >= 4 is 16.0 Å². The lowest BCUT2D eigenvalue weighted by Gasteiger charge is -2.18. The predicted octanol–water partition coefficient (Wildman–Crippen LogP) is 2.10. The summed E-state index contributed by atoms with van der Waals surface area (Å²) < 4.78 is 27.2. The van der Waals surface area contributed by atoms with Gasteiger partial charge in [-0.05, 0) is 55.4 Å². The first-order valence-corrected chi connectivity index (χ1v) is 8.76. The summed E-state index contributed by atoms with van der Waals surface area (Å²) in [6, 6.07) is 4.63. The maximum absolute atomic E-state index is 12.4. The third kappa shape index (κ3) is 4.04. The molecule has 6 heteroatoms. The summed E-state index contributed by atoms with van der Waals surface area (Å²) in [5, 5.41) is 8.81. The normalized spacial score (nSPS) is 16.2. The molecular formula is C15H21NO4S. The molecule has 1 unspecified atom stereocenters. The van der Waals surface area contributed by atoms with Gasteiger partial charge in [-0.15, -0.1) is 0 Å². The van der Waals surface area contributed by atoms with Crippen LogP contribution in [0.2, 0.25) is 0 Å². The first-order valence-electron chi connectivity index (χ1n) is 7.28. The number of hydrogen-bond donors (Lipinski definition) is 2. The van der Waals surface area contributed by atoms with E-state index in [1.807, 2.05) is 6.07 Å². The van der Waals surface area contributed by atoms with Crippen LogP contribution in [0.25, 0.3) is 0 Å². The Morgan fingerprint density at radius 2 is 1.95 bits per heavy atom. The number of rotatable bonds is 6. The molecule has 21 heavy (non-hydrogen) atoms. The smallest absolute Gasteiger partial charge is 0.304 e. The summed E-state index contributed by atoms with van der Waals surface area (Å²) in [6.07, 6.45) is 4.37. The number of carboxylic acid groups (broad SMARTS) is 1. The van der Waals surface area contributed by atoms with E-state index in [0.717, 1.165) is 31.2 Å². The Balaban J connectivity index is 2.20. The van der Waals surface area contributed by atoms with Crippen LogP contribution in [0.3, 0.4) is 0 Å². The number of aryl methyl sites for hydroxylation is 2. The molecule has 2 N–H and O–H groups in total. The molecule has 1 aliphatic carbocycles. The molecule has 0 aliphatic heterocycles. The van der Waals surface area contributed by atoms with Crippen LogP contribution in [0.4, 0.5) is 0 Å². The first-order chi connectivity index (χ1) is 9.92.